The topological polar surface area (TPSA) is 39.2 Å². The van der Waals surface area contributed by atoms with E-state index in [-0.39, 0.29) is 11.6 Å². The van der Waals surface area contributed by atoms with E-state index < -0.39 is 0 Å². The van der Waals surface area contributed by atoms with Crippen molar-refractivity contribution in [3.05, 3.63) is 47.4 Å². The van der Waals surface area contributed by atoms with Gasteiger partial charge in [0, 0.05) is 17.2 Å². The number of aromatic nitrogens is 1. The Morgan fingerprint density at radius 3 is 2.65 bits per heavy atom. The van der Waals surface area contributed by atoms with Crippen LogP contribution < -0.4 is 4.74 Å². The predicted molar refractivity (Wildman–Crippen MR) is 59.6 cm³/mol. The third-order valence-corrected chi connectivity index (χ3v) is 2.81. The summed E-state index contributed by atoms with van der Waals surface area (Å²) in [5, 5.41) is 0. The maximum atomic E-state index is 13.2. The highest BCUT2D eigenvalue weighted by Gasteiger charge is 2.28. The molecule has 0 bridgehead atoms. The molecule has 1 heterocycles. The van der Waals surface area contributed by atoms with Gasteiger partial charge in [-0.2, -0.15) is 0 Å². The van der Waals surface area contributed by atoms with Crippen LogP contribution >= 0.6 is 0 Å². The van der Waals surface area contributed by atoms with E-state index >= 15 is 0 Å². The number of carbonyl (C=O) groups excluding carboxylic acids is 1. The van der Waals surface area contributed by atoms with E-state index in [1.807, 2.05) is 0 Å². The van der Waals surface area contributed by atoms with Gasteiger partial charge in [-0.1, -0.05) is 0 Å². The van der Waals surface area contributed by atoms with Crippen molar-refractivity contribution in [1.82, 2.24) is 4.98 Å². The molecule has 0 fully saturated rings. The molecule has 0 unspecified atom stereocenters. The SMILES string of the molecule is COc1ccc2c(n1)C(=O)c1ccc(F)cc1-2. The van der Waals surface area contributed by atoms with Gasteiger partial charge in [-0.25, -0.2) is 9.37 Å². The molecular formula is C13H8FNO2. The summed E-state index contributed by atoms with van der Waals surface area (Å²) in [6.07, 6.45) is 0. The van der Waals surface area contributed by atoms with Gasteiger partial charge in [0.15, 0.2) is 0 Å². The quantitative estimate of drug-likeness (QED) is 0.643. The van der Waals surface area contributed by atoms with Gasteiger partial charge in [0.25, 0.3) is 0 Å². The Hall–Kier alpha value is -2.23. The average molecular weight is 229 g/mol. The van der Waals surface area contributed by atoms with Gasteiger partial charge >= 0.3 is 0 Å². The Kier molecular flexibility index (Phi) is 1.98. The van der Waals surface area contributed by atoms with Crippen LogP contribution in [0.15, 0.2) is 30.3 Å². The van der Waals surface area contributed by atoms with E-state index in [2.05, 4.69) is 4.98 Å². The van der Waals surface area contributed by atoms with Crippen molar-refractivity contribution in [2.45, 2.75) is 0 Å². The summed E-state index contributed by atoms with van der Waals surface area (Å²) < 4.78 is 18.1. The largest absolute Gasteiger partial charge is 0.481 e. The first-order valence-electron chi connectivity index (χ1n) is 5.10. The second kappa shape index (κ2) is 3.38. The number of methoxy groups -OCH3 is 1. The molecule has 1 aliphatic rings. The van der Waals surface area contributed by atoms with E-state index in [0.717, 1.165) is 0 Å². The molecule has 0 N–H and O–H groups in total. The zero-order valence-electron chi connectivity index (χ0n) is 9.03. The van der Waals surface area contributed by atoms with Gasteiger partial charge in [0.05, 0.1) is 7.11 Å². The molecule has 1 aliphatic carbocycles. The molecule has 1 aromatic carbocycles. The van der Waals surface area contributed by atoms with Crippen molar-refractivity contribution in [3.8, 4) is 17.0 Å². The normalized spacial score (nSPS) is 12.2. The summed E-state index contributed by atoms with van der Waals surface area (Å²) in [6, 6.07) is 7.50. The number of nitrogens with zero attached hydrogens (tertiary/aromatic N) is 1. The van der Waals surface area contributed by atoms with Crippen molar-refractivity contribution in [1.29, 1.82) is 0 Å². The minimum absolute atomic E-state index is 0.186. The van der Waals surface area contributed by atoms with Gasteiger partial charge < -0.3 is 4.74 Å². The van der Waals surface area contributed by atoms with Crippen LogP contribution in [0.3, 0.4) is 0 Å². The Labute approximate surface area is 96.9 Å². The standard InChI is InChI=1S/C13H8FNO2/c1-17-11-5-4-8-10-6-7(14)2-3-9(10)13(16)12(8)15-11/h2-6H,1H3. The number of ether oxygens (including phenoxy) is 1. The summed E-state index contributed by atoms with van der Waals surface area (Å²) in [7, 11) is 1.49. The van der Waals surface area contributed by atoms with Crippen LogP contribution in [0.25, 0.3) is 11.1 Å². The maximum absolute atomic E-state index is 13.2. The second-order valence-corrected chi connectivity index (χ2v) is 3.77. The Balaban J connectivity index is 2.28. The van der Waals surface area contributed by atoms with Crippen LogP contribution in [-0.4, -0.2) is 17.9 Å². The van der Waals surface area contributed by atoms with Gasteiger partial charge in [0.1, 0.15) is 11.5 Å². The number of hydrogen-bond acceptors (Lipinski definition) is 3. The molecule has 1 aromatic heterocycles. The monoisotopic (exact) mass is 229 g/mol. The van der Waals surface area contributed by atoms with Crippen molar-refractivity contribution in [2.24, 2.45) is 0 Å². The zero-order chi connectivity index (χ0) is 12.0. The van der Waals surface area contributed by atoms with Crippen molar-refractivity contribution in [2.75, 3.05) is 7.11 Å². The number of fused-ring (bicyclic) bond motifs is 3. The predicted octanol–water partition coefficient (Wildman–Crippen LogP) is 2.44. The lowest BCUT2D eigenvalue weighted by molar-refractivity contribution is 0.103. The van der Waals surface area contributed by atoms with Gasteiger partial charge in [0.2, 0.25) is 11.7 Å². The first-order chi connectivity index (χ1) is 8.20. The van der Waals surface area contributed by atoms with Crippen molar-refractivity contribution >= 4 is 5.78 Å². The third kappa shape index (κ3) is 1.34. The maximum Gasteiger partial charge on any atom is 0.213 e. The number of benzene rings is 1. The van der Waals surface area contributed by atoms with Crippen LogP contribution in [-0.2, 0) is 0 Å². The molecule has 84 valence electrons. The van der Waals surface area contributed by atoms with E-state index in [1.165, 1.54) is 25.3 Å². The smallest absolute Gasteiger partial charge is 0.213 e. The van der Waals surface area contributed by atoms with Gasteiger partial charge in [-0.3, -0.25) is 4.79 Å². The highest BCUT2D eigenvalue weighted by atomic mass is 19.1. The highest BCUT2D eigenvalue weighted by Crippen LogP contribution is 2.36. The zero-order valence-corrected chi connectivity index (χ0v) is 9.03. The molecule has 0 saturated carbocycles. The molecule has 0 atom stereocenters. The molecular weight excluding hydrogens is 221 g/mol. The summed E-state index contributed by atoms with van der Waals surface area (Å²) in [5.74, 6) is -0.167. The van der Waals surface area contributed by atoms with Crippen LogP contribution in [0.4, 0.5) is 4.39 Å². The first kappa shape index (κ1) is 9.96. The molecule has 0 spiro atoms. The number of hydrogen-bond donors (Lipinski definition) is 0. The second-order valence-electron chi connectivity index (χ2n) is 3.77. The number of ketones is 1. The fourth-order valence-electron chi connectivity index (χ4n) is 2.01. The van der Waals surface area contributed by atoms with Crippen molar-refractivity contribution < 1.29 is 13.9 Å². The molecule has 0 aliphatic heterocycles. The Bertz CT molecular complexity index is 637. The molecule has 4 heteroatoms. The average Bonchev–Trinajstić information content (AvgIpc) is 2.62. The molecule has 3 rings (SSSR count). The Morgan fingerprint density at radius 2 is 1.88 bits per heavy atom. The molecule has 3 nitrogen and oxygen atoms in total. The number of halogens is 1. The van der Waals surface area contributed by atoms with Gasteiger partial charge in [-0.15, -0.1) is 0 Å². The Morgan fingerprint density at radius 1 is 1.12 bits per heavy atom. The van der Waals surface area contributed by atoms with Crippen LogP contribution in [0.5, 0.6) is 5.88 Å². The van der Waals surface area contributed by atoms with Crippen LogP contribution in [0.2, 0.25) is 0 Å². The van der Waals surface area contributed by atoms with Crippen LogP contribution in [0.1, 0.15) is 16.1 Å². The molecule has 2 aromatic rings. The summed E-state index contributed by atoms with van der Waals surface area (Å²) in [4.78, 5) is 16.1. The number of pyridine rings is 1. The summed E-state index contributed by atoms with van der Waals surface area (Å²) >= 11 is 0. The van der Waals surface area contributed by atoms with Crippen molar-refractivity contribution in [3.63, 3.8) is 0 Å². The fourth-order valence-corrected chi connectivity index (χ4v) is 2.01. The first-order valence-corrected chi connectivity index (χ1v) is 5.10. The summed E-state index contributed by atoms with van der Waals surface area (Å²) in [6.45, 7) is 0. The number of carbonyl (C=O) groups is 1. The number of rotatable bonds is 1. The molecule has 17 heavy (non-hydrogen) atoms. The molecule has 0 saturated heterocycles. The lowest BCUT2D eigenvalue weighted by Crippen LogP contribution is -1.99. The van der Waals surface area contributed by atoms with Gasteiger partial charge in [-0.05, 0) is 29.8 Å². The highest BCUT2D eigenvalue weighted by molar-refractivity contribution is 6.20. The molecule has 0 amide bonds. The van der Waals surface area contributed by atoms with E-state index in [1.54, 1.807) is 12.1 Å². The van der Waals surface area contributed by atoms with Crippen LogP contribution in [0, 0.1) is 5.82 Å². The van der Waals surface area contributed by atoms with E-state index in [9.17, 15) is 9.18 Å². The minimum atomic E-state index is -0.361. The minimum Gasteiger partial charge on any atom is -0.481 e. The lowest BCUT2D eigenvalue weighted by atomic mass is 10.1. The van der Waals surface area contributed by atoms with E-state index in [4.69, 9.17) is 4.74 Å². The summed E-state index contributed by atoms with van der Waals surface area (Å²) in [5.41, 5.74) is 2.07. The fraction of sp³-hybridized carbons (Fsp3) is 0.0769. The van der Waals surface area contributed by atoms with E-state index in [0.29, 0.717) is 28.3 Å². The molecule has 0 radical (unpaired) electrons. The lowest BCUT2D eigenvalue weighted by Gasteiger charge is -2.01. The third-order valence-electron chi connectivity index (χ3n) is 2.81.